The number of carbonyl (C=O) groups is 1. The molecular weight excluding hydrogens is 192 g/mol. The lowest BCUT2D eigenvalue weighted by atomic mass is 9.99. The molecule has 2 atom stereocenters. The van der Waals surface area contributed by atoms with Crippen molar-refractivity contribution in [1.82, 2.24) is 5.32 Å². The Morgan fingerprint density at radius 3 is 2.47 bits per heavy atom. The maximum Gasteiger partial charge on any atom is 0.237 e. The fourth-order valence-corrected chi connectivity index (χ4v) is 1.00. The number of nitrogens with two attached hydrogens (primary N) is 1. The molecule has 1 amide bonds. The summed E-state index contributed by atoms with van der Waals surface area (Å²) in [5, 5.41) is 2.80. The Bertz CT molecular complexity index is 205. The molecule has 0 aromatic carbocycles. The van der Waals surface area contributed by atoms with Crippen LogP contribution in [-0.4, -0.2) is 31.2 Å². The van der Waals surface area contributed by atoms with Gasteiger partial charge in [-0.1, -0.05) is 20.3 Å². The molecule has 0 saturated heterocycles. The third-order valence-electron chi connectivity index (χ3n) is 2.80. The summed E-state index contributed by atoms with van der Waals surface area (Å²) in [5.74, 6) is 0.102. The summed E-state index contributed by atoms with van der Waals surface area (Å²) in [6, 6.07) is -0.428. The zero-order valence-electron chi connectivity index (χ0n) is 10.5. The van der Waals surface area contributed by atoms with Crippen LogP contribution in [0.25, 0.3) is 0 Å². The number of nitrogens with one attached hydrogen (secondary N) is 1. The zero-order chi connectivity index (χ0) is 12.1. The number of methoxy groups -OCH3 is 1. The van der Waals surface area contributed by atoms with Crippen LogP contribution in [0.5, 0.6) is 0 Å². The van der Waals surface area contributed by atoms with Crippen LogP contribution in [0.3, 0.4) is 0 Å². The maximum absolute atomic E-state index is 11.6. The van der Waals surface area contributed by atoms with E-state index in [0.29, 0.717) is 6.54 Å². The Kier molecular flexibility index (Phi) is 5.83. The van der Waals surface area contributed by atoms with Crippen molar-refractivity contribution in [3.8, 4) is 0 Å². The van der Waals surface area contributed by atoms with Gasteiger partial charge in [0.15, 0.2) is 0 Å². The van der Waals surface area contributed by atoms with Crippen LogP contribution >= 0.6 is 0 Å². The molecule has 90 valence electrons. The molecule has 0 unspecified atom stereocenters. The van der Waals surface area contributed by atoms with Gasteiger partial charge in [-0.15, -0.1) is 0 Å². The van der Waals surface area contributed by atoms with Crippen molar-refractivity contribution in [3.05, 3.63) is 0 Å². The second-order valence-corrected chi connectivity index (χ2v) is 4.59. The summed E-state index contributed by atoms with van der Waals surface area (Å²) >= 11 is 0. The zero-order valence-corrected chi connectivity index (χ0v) is 10.5. The number of carbonyl (C=O) groups excluding carboxylic acids is 1. The molecule has 0 aromatic heterocycles. The minimum atomic E-state index is -0.428. The molecule has 0 aromatic rings. The molecule has 4 heteroatoms. The highest BCUT2D eigenvalue weighted by atomic mass is 16.5. The second kappa shape index (κ2) is 6.08. The molecule has 0 radical (unpaired) electrons. The number of hydrogen-bond donors (Lipinski definition) is 2. The van der Waals surface area contributed by atoms with Crippen molar-refractivity contribution in [1.29, 1.82) is 0 Å². The standard InChI is InChI=1S/C11H24N2O2/c1-6-8(2)9(12)10(14)13-7-11(3,4)15-5/h8-9H,6-7,12H2,1-5H3,(H,13,14)/t8-,9-/m0/s1. The molecule has 15 heavy (non-hydrogen) atoms. The maximum atomic E-state index is 11.6. The molecule has 3 N–H and O–H groups in total. The monoisotopic (exact) mass is 216 g/mol. The highest BCUT2D eigenvalue weighted by Gasteiger charge is 2.22. The Morgan fingerprint density at radius 1 is 1.53 bits per heavy atom. The van der Waals surface area contributed by atoms with Crippen LogP contribution in [0.2, 0.25) is 0 Å². The first-order valence-electron chi connectivity index (χ1n) is 5.42. The topological polar surface area (TPSA) is 64.4 Å². The van der Waals surface area contributed by atoms with E-state index in [1.54, 1.807) is 7.11 Å². The van der Waals surface area contributed by atoms with E-state index in [2.05, 4.69) is 5.32 Å². The van der Waals surface area contributed by atoms with Gasteiger partial charge in [0.1, 0.15) is 0 Å². The van der Waals surface area contributed by atoms with Gasteiger partial charge >= 0.3 is 0 Å². The molecule has 0 spiro atoms. The predicted octanol–water partition coefficient (Wildman–Crippen LogP) is 0.901. The molecule has 0 saturated carbocycles. The lowest BCUT2D eigenvalue weighted by Crippen LogP contribution is -2.49. The van der Waals surface area contributed by atoms with E-state index in [4.69, 9.17) is 10.5 Å². The summed E-state index contributed by atoms with van der Waals surface area (Å²) in [7, 11) is 1.63. The van der Waals surface area contributed by atoms with Crippen molar-refractivity contribution >= 4 is 5.91 Å². The van der Waals surface area contributed by atoms with E-state index >= 15 is 0 Å². The molecule has 0 heterocycles. The van der Waals surface area contributed by atoms with Crippen LogP contribution in [-0.2, 0) is 9.53 Å². The van der Waals surface area contributed by atoms with Gasteiger partial charge in [-0.05, 0) is 19.8 Å². The van der Waals surface area contributed by atoms with Crippen LogP contribution in [0.1, 0.15) is 34.1 Å². The highest BCUT2D eigenvalue weighted by molar-refractivity contribution is 5.81. The van der Waals surface area contributed by atoms with Gasteiger partial charge < -0.3 is 15.8 Å². The van der Waals surface area contributed by atoms with E-state index in [-0.39, 0.29) is 17.4 Å². The molecule has 0 aliphatic carbocycles. The first kappa shape index (κ1) is 14.4. The van der Waals surface area contributed by atoms with Crippen molar-refractivity contribution in [2.24, 2.45) is 11.7 Å². The SMILES string of the molecule is CC[C@H](C)[C@H](N)C(=O)NCC(C)(C)OC. The van der Waals surface area contributed by atoms with Crippen LogP contribution < -0.4 is 11.1 Å². The lowest BCUT2D eigenvalue weighted by molar-refractivity contribution is -0.124. The Morgan fingerprint density at radius 2 is 2.07 bits per heavy atom. The highest BCUT2D eigenvalue weighted by Crippen LogP contribution is 2.07. The number of amides is 1. The van der Waals surface area contributed by atoms with Crippen LogP contribution in [0.15, 0.2) is 0 Å². The third-order valence-corrected chi connectivity index (χ3v) is 2.80. The Balaban J connectivity index is 4.04. The van der Waals surface area contributed by atoms with Crippen molar-refractivity contribution < 1.29 is 9.53 Å². The normalized spacial score (nSPS) is 15.9. The summed E-state index contributed by atoms with van der Waals surface area (Å²) in [6.45, 7) is 8.32. The number of ether oxygens (including phenoxy) is 1. The first-order chi connectivity index (χ1) is 6.84. The smallest absolute Gasteiger partial charge is 0.237 e. The van der Waals surface area contributed by atoms with E-state index in [1.807, 2.05) is 27.7 Å². The van der Waals surface area contributed by atoms with Gasteiger partial charge in [0.05, 0.1) is 11.6 Å². The second-order valence-electron chi connectivity index (χ2n) is 4.59. The van der Waals surface area contributed by atoms with Gasteiger partial charge in [-0.25, -0.2) is 0 Å². The van der Waals surface area contributed by atoms with Crippen molar-refractivity contribution in [2.75, 3.05) is 13.7 Å². The summed E-state index contributed by atoms with van der Waals surface area (Å²) < 4.78 is 5.20. The first-order valence-corrected chi connectivity index (χ1v) is 5.42. The predicted molar refractivity (Wildman–Crippen MR) is 61.5 cm³/mol. The average Bonchev–Trinajstić information content (AvgIpc) is 2.23. The molecular formula is C11H24N2O2. The van der Waals surface area contributed by atoms with E-state index in [1.165, 1.54) is 0 Å². The molecule has 0 aliphatic rings. The Labute approximate surface area is 92.6 Å². The van der Waals surface area contributed by atoms with Crippen LogP contribution in [0.4, 0.5) is 0 Å². The number of hydrogen-bond acceptors (Lipinski definition) is 3. The molecule has 0 fully saturated rings. The van der Waals surface area contributed by atoms with Gasteiger partial charge in [0.2, 0.25) is 5.91 Å². The minimum Gasteiger partial charge on any atom is -0.377 e. The van der Waals surface area contributed by atoms with E-state index in [9.17, 15) is 4.79 Å². The van der Waals surface area contributed by atoms with Crippen molar-refractivity contribution in [2.45, 2.75) is 45.8 Å². The quantitative estimate of drug-likeness (QED) is 0.693. The lowest BCUT2D eigenvalue weighted by Gasteiger charge is -2.25. The van der Waals surface area contributed by atoms with Crippen molar-refractivity contribution in [3.63, 3.8) is 0 Å². The van der Waals surface area contributed by atoms with E-state index < -0.39 is 6.04 Å². The average molecular weight is 216 g/mol. The van der Waals surface area contributed by atoms with E-state index in [0.717, 1.165) is 6.42 Å². The summed E-state index contributed by atoms with van der Waals surface area (Å²) in [4.78, 5) is 11.6. The van der Waals surface area contributed by atoms with Gasteiger partial charge in [0, 0.05) is 13.7 Å². The molecule has 0 bridgehead atoms. The largest absolute Gasteiger partial charge is 0.377 e. The minimum absolute atomic E-state index is 0.102. The summed E-state index contributed by atoms with van der Waals surface area (Å²) in [5.41, 5.74) is 5.45. The fourth-order valence-electron chi connectivity index (χ4n) is 1.00. The molecule has 4 nitrogen and oxygen atoms in total. The van der Waals surface area contributed by atoms with Gasteiger partial charge in [-0.3, -0.25) is 4.79 Å². The molecule has 0 rings (SSSR count). The van der Waals surface area contributed by atoms with Crippen LogP contribution in [0, 0.1) is 5.92 Å². The third kappa shape index (κ3) is 5.14. The van der Waals surface area contributed by atoms with Gasteiger partial charge in [0.25, 0.3) is 0 Å². The number of rotatable bonds is 6. The summed E-state index contributed by atoms with van der Waals surface area (Å²) in [6.07, 6.45) is 0.905. The fraction of sp³-hybridized carbons (Fsp3) is 0.909. The molecule has 0 aliphatic heterocycles. The van der Waals surface area contributed by atoms with Gasteiger partial charge in [-0.2, -0.15) is 0 Å². The Hall–Kier alpha value is -0.610.